The number of H-pyrrole nitrogens is 2. The van der Waals surface area contributed by atoms with Gasteiger partial charge in [0.25, 0.3) is 0 Å². The molecule has 0 aromatic carbocycles. The zero-order chi connectivity index (χ0) is 22.4. The highest BCUT2D eigenvalue weighted by atomic mass is 15.1. The number of aromatic nitrogens is 7. The lowest BCUT2D eigenvalue weighted by Crippen LogP contribution is -2.08. The second-order valence-electron chi connectivity index (χ2n) is 8.06. The molecule has 33 heavy (non-hydrogen) atoms. The number of pyridine rings is 4. The van der Waals surface area contributed by atoms with E-state index in [1.807, 2.05) is 68.0 Å². The normalized spacial score (nSPS) is 11.3. The summed E-state index contributed by atoms with van der Waals surface area (Å²) in [7, 11) is 3.99. The summed E-state index contributed by atoms with van der Waals surface area (Å²) < 4.78 is 0. The molecule has 0 amide bonds. The second-order valence-corrected chi connectivity index (χ2v) is 8.06. The minimum Gasteiger partial charge on any atom is -0.376 e. The maximum atomic E-state index is 4.94. The van der Waals surface area contributed by atoms with Gasteiger partial charge in [0.1, 0.15) is 11.2 Å². The molecule has 8 nitrogen and oxygen atoms in total. The number of nitrogens with one attached hydrogen (secondary N) is 2. The maximum Gasteiger partial charge on any atom is 0.135 e. The van der Waals surface area contributed by atoms with E-state index in [0.717, 1.165) is 61.4 Å². The van der Waals surface area contributed by atoms with Crippen LogP contribution in [0, 0.1) is 0 Å². The molecular weight excluding hydrogens is 412 g/mol. The molecule has 0 aliphatic heterocycles. The summed E-state index contributed by atoms with van der Waals surface area (Å²) >= 11 is 0. The van der Waals surface area contributed by atoms with E-state index in [1.165, 1.54) is 0 Å². The Morgan fingerprint density at radius 3 is 2.48 bits per heavy atom. The van der Waals surface area contributed by atoms with Crippen molar-refractivity contribution in [2.75, 3.05) is 19.0 Å². The van der Waals surface area contributed by atoms with Crippen molar-refractivity contribution in [3.8, 4) is 33.8 Å². The topological polar surface area (TPSA) is 99.3 Å². The Labute approximate surface area is 189 Å². The second kappa shape index (κ2) is 7.52. The molecule has 0 unspecified atom stereocenters. The molecule has 0 aliphatic rings. The molecule has 6 aromatic heterocycles. The van der Waals surface area contributed by atoms with E-state index < -0.39 is 0 Å². The van der Waals surface area contributed by atoms with Crippen LogP contribution in [0.5, 0.6) is 0 Å². The summed E-state index contributed by atoms with van der Waals surface area (Å²) in [5.41, 5.74) is 9.18. The maximum absolute atomic E-state index is 4.94. The highest BCUT2D eigenvalue weighted by molar-refractivity contribution is 5.99. The van der Waals surface area contributed by atoms with Gasteiger partial charge in [-0.3, -0.25) is 20.1 Å². The van der Waals surface area contributed by atoms with Gasteiger partial charge < -0.3 is 9.88 Å². The Morgan fingerprint density at radius 1 is 0.788 bits per heavy atom. The predicted octanol–water partition coefficient (Wildman–Crippen LogP) is 4.69. The first-order chi connectivity index (χ1) is 16.2. The average Bonchev–Trinajstić information content (AvgIpc) is 3.48. The molecule has 2 N–H and O–H groups in total. The quantitative estimate of drug-likeness (QED) is 0.419. The molecule has 6 rings (SSSR count). The van der Waals surface area contributed by atoms with Crippen molar-refractivity contribution in [3.63, 3.8) is 0 Å². The highest BCUT2D eigenvalue weighted by Gasteiger charge is 2.16. The first-order valence-electron chi connectivity index (χ1n) is 10.5. The van der Waals surface area contributed by atoms with Crippen LogP contribution in [-0.2, 0) is 0 Å². The van der Waals surface area contributed by atoms with Gasteiger partial charge in [0.2, 0.25) is 0 Å². The van der Waals surface area contributed by atoms with Crippen LogP contribution in [0.1, 0.15) is 0 Å². The molecule has 160 valence electrons. The molecule has 0 fully saturated rings. The standard InChI is InChI=1S/C25H20N8/c1-33(2)17-9-16(11-27-12-17)20-3-4-21-24(30-20)25(32-31-21)22-10-18-19(13-28-14-23(18)29-22)15-5-7-26-8-6-15/h3-14,29H,1-2H3,(H,31,32). The van der Waals surface area contributed by atoms with E-state index >= 15 is 0 Å². The molecule has 0 aliphatic carbocycles. The van der Waals surface area contributed by atoms with Gasteiger partial charge in [-0.15, -0.1) is 0 Å². The van der Waals surface area contributed by atoms with E-state index in [1.54, 1.807) is 12.4 Å². The van der Waals surface area contributed by atoms with E-state index in [2.05, 4.69) is 42.3 Å². The number of aromatic amines is 2. The summed E-state index contributed by atoms with van der Waals surface area (Å²) in [6.45, 7) is 0. The number of hydrogen-bond donors (Lipinski definition) is 2. The van der Waals surface area contributed by atoms with Crippen LogP contribution >= 0.6 is 0 Å². The van der Waals surface area contributed by atoms with Crippen LogP contribution in [0.2, 0.25) is 0 Å². The summed E-state index contributed by atoms with van der Waals surface area (Å²) in [6, 6.07) is 12.1. The minimum atomic E-state index is 0.764. The predicted molar refractivity (Wildman–Crippen MR) is 130 cm³/mol. The summed E-state index contributed by atoms with van der Waals surface area (Å²) in [6.07, 6.45) is 10.9. The van der Waals surface area contributed by atoms with E-state index in [9.17, 15) is 0 Å². The molecular formula is C25H20N8. The van der Waals surface area contributed by atoms with E-state index in [0.29, 0.717) is 0 Å². The number of hydrogen-bond acceptors (Lipinski definition) is 6. The number of anilines is 1. The van der Waals surface area contributed by atoms with Gasteiger partial charge in [-0.1, -0.05) is 0 Å². The minimum absolute atomic E-state index is 0.764. The molecule has 0 bridgehead atoms. The third-order valence-electron chi connectivity index (χ3n) is 5.74. The fourth-order valence-electron chi connectivity index (χ4n) is 4.00. The van der Waals surface area contributed by atoms with Crippen LogP contribution in [0.3, 0.4) is 0 Å². The van der Waals surface area contributed by atoms with Gasteiger partial charge in [0.05, 0.1) is 40.5 Å². The lowest BCUT2D eigenvalue weighted by molar-refractivity contribution is 1.11. The van der Waals surface area contributed by atoms with Gasteiger partial charge in [-0.2, -0.15) is 5.10 Å². The number of nitrogens with zero attached hydrogens (tertiary/aromatic N) is 6. The van der Waals surface area contributed by atoms with Crippen molar-refractivity contribution in [2.24, 2.45) is 0 Å². The Balaban J connectivity index is 1.48. The number of rotatable bonds is 4. The lowest BCUT2D eigenvalue weighted by Gasteiger charge is -2.12. The van der Waals surface area contributed by atoms with Crippen molar-refractivity contribution in [1.82, 2.24) is 35.1 Å². The Bertz CT molecular complexity index is 1600. The molecule has 0 radical (unpaired) electrons. The van der Waals surface area contributed by atoms with E-state index in [-0.39, 0.29) is 0 Å². The smallest absolute Gasteiger partial charge is 0.135 e. The van der Waals surface area contributed by atoms with E-state index in [4.69, 9.17) is 4.98 Å². The third kappa shape index (κ3) is 3.28. The molecule has 8 heteroatoms. The first-order valence-corrected chi connectivity index (χ1v) is 10.5. The van der Waals surface area contributed by atoms with Gasteiger partial charge in [-0.05, 0) is 42.0 Å². The summed E-state index contributed by atoms with van der Waals surface area (Å²) in [5, 5.41) is 8.75. The fourth-order valence-corrected chi connectivity index (χ4v) is 4.00. The van der Waals surface area contributed by atoms with Crippen molar-refractivity contribution >= 4 is 27.6 Å². The highest BCUT2D eigenvalue weighted by Crippen LogP contribution is 2.33. The zero-order valence-corrected chi connectivity index (χ0v) is 18.1. The van der Waals surface area contributed by atoms with Crippen molar-refractivity contribution in [3.05, 3.63) is 73.6 Å². The van der Waals surface area contributed by atoms with Crippen molar-refractivity contribution in [1.29, 1.82) is 0 Å². The Hall–Kier alpha value is -4.59. The number of fused-ring (bicyclic) bond motifs is 2. The third-order valence-corrected chi connectivity index (χ3v) is 5.74. The molecule has 0 spiro atoms. The van der Waals surface area contributed by atoms with Crippen LogP contribution in [0.25, 0.3) is 55.7 Å². The summed E-state index contributed by atoms with van der Waals surface area (Å²) in [4.78, 5) is 23.3. The molecule has 0 atom stereocenters. The SMILES string of the molecule is CN(C)c1cncc(-c2ccc3[nH]nc(-c4cc5c(-c6ccncc6)cncc5[nH]4)c3n2)c1. The Morgan fingerprint density at radius 2 is 1.64 bits per heavy atom. The average molecular weight is 432 g/mol. The zero-order valence-electron chi connectivity index (χ0n) is 18.1. The van der Waals surface area contributed by atoms with Gasteiger partial charge in [-0.25, -0.2) is 4.98 Å². The molecule has 0 saturated carbocycles. The molecule has 0 saturated heterocycles. The van der Waals surface area contributed by atoms with Crippen LogP contribution < -0.4 is 4.90 Å². The molecule has 6 aromatic rings. The molecule has 6 heterocycles. The summed E-state index contributed by atoms with van der Waals surface area (Å²) in [5.74, 6) is 0. The lowest BCUT2D eigenvalue weighted by atomic mass is 10.1. The fraction of sp³-hybridized carbons (Fsp3) is 0.0800. The van der Waals surface area contributed by atoms with Crippen LogP contribution in [0.15, 0.2) is 73.6 Å². The van der Waals surface area contributed by atoms with Gasteiger partial charge in [0, 0.05) is 55.4 Å². The Kier molecular flexibility index (Phi) is 4.36. The largest absolute Gasteiger partial charge is 0.376 e. The van der Waals surface area contributed by atoms with Crippen molar-refractivity contribution < 1.29 is 0 Å². The van der Waals surface area contributed by atoms with Gasteiger partial charge >= 0.3 is 0 Å². The monoisotopic (exact) mass is 432 g/mol. The van der Waals surface area contributed by atoms with Crippen LogP contribution in [0.4, 0.5) is 5.69 Å². The van der Waals surface area contributed by atoms with Crippen molar-refractivity contribution in [2.45, 2.75) is 0 Å². The van der Waals surface area contributed by atoms with Crippen LogP contribution in [-0.4, -0.2) is 49.2 Å². The van der Waals surface area contributed by atoms with Gasteiger partial charge in [0.15, 0.2) is 0 Å². The first kappa shape index (κ1) is 19.1.